The third-order valence-electron chi connectivity index (χ3n) is 2.70. The van der Waals surface area contributed by atoms with Crippen molar-refractivity contribution in [3.8, 4) is 0 Å². The standard InChI is InChI=1S/C12H24O3/c1-8(2)12(9(3)4)10(13)7-11(14-5)15-6/h8-9,11-12H,7H2,1-6H3. The third kappa shape index (κ3) is 4.76. The molecule has 0 N–H and O–H groups in total. The van der Waals surface area contributed by atoms with E-state index in [1.54, 1.807) is 14.2 Å². The zero-order chi connectivity index (χ0) is 12.0. The van der Waals surface area contributed by atoms with Crippen LogP contribution in [-0.4, -0.2) is 26.3 Å². The molecule has 0 spiro atoms. The molecule has 90 valence electrons. The lowest BCUT2D eigenvalue weighted by molar-refractivity contribution is -0.143. The first-order valence-electron chi connectivity index (χ1n) is 5.52. The molecule has 0 aromatic heterocycles. The van der Waals surface area contributed by atoms with Crippen LogP contribution in [0.15, 0.2) is 0 Å². The van der Waals surface area contributed by atoms with Gasteiger partial charge < -0.3 is 9.47 Å². The van der Waals surface area contributed by atoms with Crippen molar-refractivity contribution in [1.82, 2.24) is 0 Å². The Balaban J connectivity index is 4.38. The van der Waals surface area contributed by atoms with Crippen LogP contribution >= 0.6 is 0 Å². The van der Waals surface area contributed by atoms with Crippen LogP contribution in [0.25, 0.3) is 0 Å². The van der Waals surface area contributed by atoms with E-state index in [4.69, 9.17) is 9.47 Å². The van der Waals surface area contributed by atoms with E-state index in [0.717, 1.165) is 0 Å². The predicted molar refractivity (Wildman–Crippen MR) is 60.6 cm³/mol. The van der Waals surface area contributed by atoms with Crippen molar-refractivity contribution in [2.24, 2.45) is 17.8 Å². The highest BCUT2D eigenvalue weighted by molar-refractivity contribution is 5.81. The minimum absolute atomic E-state index is 0.0952. The summed E-state index contributed by atoms with van der Waals surface area (Å²) in [6.07, 6.45) is -0.0638. The first-order chi connectivity index (χ1) is 6.93. The Bertz CT molecular complexity index is 175. The molecule has 0 unspecified atom stereocenters. The number of rotatable bonds is 7. The summed E-state index contributed by atoms with van der Waals surface area (Å²) in [6, 6.07) is 0. The quantitative estimate of drug-likeness (QED) is 0.613. The van der Waals surface area contributed by atoms with E-state index in [1.807, 2.05) is 0 Å². The second-order valence-electron chi connectivity index (χ2n) is 4.59. The highest BCUT2D eigenvalue weighted by atomic mass is 16.7. The highest BCUT2D eigenvalue weighted by Crippen LogP contribution is 2.23. The largest absolute Gasteiger partial charge is 0.355 e. The third-order valence-corrected chi connectivity index (χ3v) is 2.70. The highest BCUT2D eigenvalue weighted by Gasteiger charge is 2.27. The van der Waals surface area contributed by atoms with Crippen LogP contribution in [0.4, 0.5) is 0 Å². The van der Waals surface area contributed by atoms with Crippen molar-refractivity contribution in [1.29, 1.82) is 0 Å². The summed E-state index contributed by atoms with van der Waals surface area (Å²) < 4.78 is 10.1. The van der Waals surface area contributed by atoms with Gasteiger partial charge in [-0.25, -0.2) is 0 Å². The number of carbonyl (C=O) groups is 1. The van der Waals surface area contributed by atoms with Gasteiger partial charge in [-0.3, -0.25) is 4.79 Å². The molecule has 0 radical (unpaired) electrons. The summed E-state index contributed by atoms with van der Waals surface area (Å²) in [5.41, 5.74) is 0. The van der Waals surface area contributed by atoms with Crippen LogP contribution in [0, 0.1) is 17.8 Å². The van der Waals surface area contributed by atoms with Crippen LogP contribution in [0.3, 0.4) is 0 Å². The molecular formula is C12H24O3. The first-order valence-corrected chi connectivity index (χ1v) is 5.52. The second kappa shape index (κ2) is 6.96. The molecule has 0 fully saturated rings. The molecule has 0 aromatic carbocycles. The van der Waals surface area contributed by atoms with Gasteiger partial charge in [0.1, 0.15) is 5.78 Å². The number of hydrogen-bond donors (Lipinski definition) is 0. The Morgan fingerprint density at radius 3 is 1.67 bits per heavy atom. The molecule has 0 saturated heterocycles. The number of hydrogen-bond acceptors (Lipinski definition) is 3. The lowest BCUT2D eigenvalue weighted by Crippen LogP contribution is -2.29. The summed E-state index contributed by atoms with van der Waals surface area (Å²) in [5, 5.41) is 0. The fourth-order valence-electron chi connectivity index (χ4n) is 2.08. The summed E-state index contributed by atoms with van der Waals surface area (Å²) in [4.78, 5) is 12.0. The Labute approximate surface area is 93.1 Å². The maximum absolute atomic E-state index is 12.0. The van der Waals surface area contributed by atoms with Crippen molar-refractivity contribution in [3.63, 3.8) is 0 Å². The summed E-state index contributed by atoms with van der Waals surface area (Å²) in [5.74, 6) is 1.06. The number of ketones is 1. The van der Waals surface area contributed by atoms with Gasteiger partial charge in [-0.05, 0) is 11.8 Å². The molecule has 0 rings (SSSR count). The summed E-state index contributed by atoms with van der Waals surface area (Å²) in [6.45, 7) is 8.32. The normalized spacial score (nSPS) is 12.1. The average molecular weight is 216 g/mol. The van der Waals surface area contributed by atoms with Crippen molar-refractivity contribution in [3.05, 3.63) is 0 Å². The average Bonchev–Trinajstić information content (AvgIpc) is 2.12. The number of ether oxygens (including phenoxy) is 2. The molecule has 15 heavy (non-hydrogen) atoms. The van der Waals surface area contributed by atoms with Crippen LogP contribution < -0.4 is 0 Å². The number of Topliss-reactive ketones (excluding diaryl/α,β-unsaturated/α-hetero) is 1. The Kier molecular flexibility index (Phi) is 6.77. The molecule has 0 aliphatic rings. The second-order valence-corrected chi connectivity index (χ2v) is 4.59. The van der Waals surface area contributed by atoms with E-state index in [9.17, 15) is 4.79 Å². The maximum Gasteiger partial charge on any atom is 0.163 e. The lowest BCUT2D eigenvalue weighted by atomic mass is 9.81. The molecular weight excluding hydrogens is 192 g/mol. The van der Waals surface area contributed by atoms with Crippen molar-refractivity contribution >= 4 is 5.78 Å². The first kappa shape index (κ1) is 14.6. The molecule has 0 amide bonds. The Hall–Kier alpha value is -0.410. The molecule has 3 nitrogen and oxygen atoms in total. The molecule has 0 aromatic rings. The van der Waals surface area contributed by atoms with Crippen molar-refractivity contribution in [2.75, 3.05) is 14.2 Å². The summed E-state index contributed by atoms with van der Waals surface area (Å²) in [7, 11) is 3.11. The minimum Gasteiger partial charge on any atom is -0.355 e. The number of methoxy groups -OCH3 is 2. The van der Waals surface area contributed by atoms with E-state index in [1.165, 1.54) is 0 Å². The van der Waals surface area contributed by atoms with Gasteiger partial charge in [0.15, 0.2) is 6.29 Å². The van der Waals surface area contributed by atoms with Crippen molar-refractivity contribution < 1.29 is 14.3 Å². The fraction of sp³-hybridized carbons (Fsp3) is 0.917. The van der Waals surface area contributed by atoms with Gasteiger partial charge in [-0.15, -0.1) is 0 Å². The van der Waals surface area contributed by atoms with E-state index in [0.29, 0.717) is 18.3 Å². The fourth-order valence-corrected chi connectivity index (χ4v) is 2.08. The van der Waals surface area contributed by atoms with Gasteiger partial charge >= 0.3 is 0 Å². The Morgan fingerprint density at radius 1 is 1.00 bits per heavy atom. The van der Waals surface area contributed by atoms with E-state index < -0.39 is 6.29 Å². The molecule has 0 atom stereocenters. The van der Waals surface area contributed by atoms with Crippen LogP contribution in [0.5, 0.6) is 0 Å². The van der Waals surface area contributed by atoms with Crippen molar-refractivity contribution in [2.45, 2.75) is 40.4 Å². The van der Waals surface area contributed by atoms with Crippen LogP contribution in [-0.2, 0) is 14.3 Å². The molecule has 0 aliphatic carbocycles. The molecule has 0 heterocycles. The van der Waals surface area contributed by atoms with Crippen LogP contribution in [0.1, 0.15) is 34.1 Å². The van der Waals surface area contributed by atoms with Gasteiger partial charge in [-0.2, -0.15) is 0 Å². The lowest BCUT2D eigenvalue weighted by Gasteiger charge is -2.25. The Morgan fingerprint density at radius 2 is 1.40 bits per heavy atom. The van der Waals surface area contributed by atoms with Gasteiger partial charge in [0.25, 0.3) is 0 Å². The van der Waals surface area contributed by atoms with E-state index >= 15 is 0 Å². The van der Waals surface area contributed by atoms with Gasteiger partial charge in [-0.1, -0.05) is 27.7 Å². The van der Waals surface area contributed by atoms with E-state index in [-0.39, 0.29) is 11.7 Å². The molecule has 0 aliphatic heterocycles. The maximum atomic E-state index is 12.0. The van der Waals surface area contributed by atoms with Gasteiger partial charge in [0.05, 0.1) is 6.42 Å². The monoisotopic (exact) mass is 216 g/mol. The number of carbonyl (C=O) groups excluding carboxylic acids is 1. The van der Waals surface area contributed by atoms with Crippen LogP contribution in [0.2, 0.25) is 0 Å². The minimum atomic E-state index is -0.405. The summed E-state index contributed by atoms with van der Waals surface area (Å²) >= 11 is 0. The molecule has 3 heteroatoms. The topological polar surface area (TPSA) is 35.5 Å². The molecule has 0 saturated carbocycles. The SMILES string of the molecule is COC(CC(=O)C(C(C)C)C(C)C)OC. The van der Waals surface area contributed by atoms with Gasteiger partial charge in [0, 0.05) is 20.1 Å². The smallest absolute Gasteiger partial charge is 0.163 e. The zero-order valence-electron chi connectivity index (χ0n) is 10.7. The predicted octanol–water partition coefficient (Wildman–Crippen LogP) is 2.49. The zero-order valence-corrected chi connectivity index (χ0v) is 10.7. The van der Waals surface area contributed by atoms with E-state index in [2.05, 4.69) is 27.7 Å². The van der Waals surface area contributed by atoms with Gasteiger partial charge in [0.2, 0.25) is 0 Å². The molecule has 0 bridgehead atoms.